The Morgan fingerprint density at radius 3 is 1.64 bits per heavy atom. The zero-order chi connectivity index (χ0) is 16.4. The van der Waals surface area contributed by atoms with Crippen molar-refractivity contribution < 1.29 is 20.5 Å². The van der Waals surface area contributed by atoms with Crippen LogP contribution in [0.4, 0.5) is 5.69 Å². The molecule has 0 aliphatic carbocycles. The van der Waals surface area contributed by atoms with Crippen LogP contribution in [-0.4, -0.2) is 16.8 Å². The number of hydrogen-bond donors (Lipinski definition) is 0. The van der Waals surface area contributed by atoms with Gasteiger partial charge in [-0.1, -0.05) is 17.7 Å². The Hall–Kier alpha value is -2.28. The third kappa shape index (κ3) is 3.48. The number of rotatable bonds is 4. The van der Waals surface area contributed by atoms with Gasteiger partial charge in [0.15, 0.2) is 4.98 Å². The first kappa shape index (κ1) is 16.1. The van der Waals surface area contributed by atoms with Crippen LogP contribution >= 0.6 is 0 Å². The summed E-state index contributed by atoms with van der Waals surface area (Å²) in [5, 5.41) is 8.54. The summed E-state index contributed by atoms with van der Waals surface area (Å²) < 4.78 is 52.3. The maximum atomic E-state index is 12.0. The van der Waals surface area contributed by atoms with Crippen LogP contribution < -0.4 is 0 Å². The van der Waals surface area contributed by atoms with Crippen molar-refractivity contribution in [2.45, 2.75) is 16.7 Å². The first-order valence-electron chi connectivity index (χ1n) is 5.97. The van der Waals surface area contributed by atoms with Crippen molar-refractivity contribution in [2.75, 3.05) is 0 Å². The predicted octanol–water partition coefficient (Wildman–Crippen LogP) is 2.57. The van der Waals surface area contributed by atoms with E-state index < -0.39 is 20.2 Å². The van der Waals surface area contributed by atoms with E-state index in [1.807, 2.05) is 0 Å². The molecule has 0 radical (unpaired) electrons. The van der Waals surface area contributed by atoms with E-state index in [-0.39, 0.29) is 15.5 Å². The minimum Gasteiger partial charge on any atom is -0.193 e. The van der Waals surface area contributed by atoms with Crippen molar-refractivity contribution in [1.29, 1.82) is 5.39 Å². The first-order chi connectivity index (χ1) is 10.2. The molecule has 0 aliphatic heterocycles. The van der Waals surface area contributed by atoms with E-state index in [2.05, 4.69) is 8.61 Å². The molecule has 9 heteroatoms. The van der Waals surface area contributed by atoms with E-state index in [1.54, 1.807) is 6.92 Å². The Labute approximate surface area is 128 Å². The molecule has 2 aromatic carbocycles. The average Bonchev–Trinajstić information content (AvgIpc) is 2.46. The van der Waals surface area contributed by atoms with Gasteiger partial charge in [0.25, 0.3) is 0 Å². The lowest BCUT2D eigenvalue weighted by Crippen LogP contribution is -2.14. The summed E-state index contributed by atoms with van der Waals surface area (Å²) in [5.41, 5.74) is 0.950. The molecule has 114 valence electrons. The van der Waals surface area contributed by atoms with Crippen molar-refractivity contribution in [3.8, 4) is 0 Å². The summed E-state index contributed by atoms with van der Waals surface area (Å²) in [6, 6.07) is 10.1. The molecule has 0 saturated carbocycles. The fraction of sp³-hybridized carbons (Fsp3) is 0.0769. The second kappa shape index (κ2) is 5.84. The molecule has 7 nitrogen and oxygen atoms in total. The van der Waals surface area contributed by atoms with Gasteiger partial charge in [0.1, 0.15) is 0 Å². The van der Waals surface area contributed by atoms with E-state index >= 15 is 0 Å². The average molecular weight is 339 g/mol. The van der Waals surface area contributed by atoms with E-state index in [1.165, 1.54) is 36.4 Å². The van der Waals surface area contributed by atoms with Crippen LogP contribution in [0.15, 0.2) is 58.3 Å². The lowest BCUT2D eigenvalue weighted by Gasteiger charge is -2.06. The summed E-state index contributed by atoms with van der Waals surface area (Å²) >= 11 is 0. The SMILES string of the molecule is Cc1ccc(S(=O)(=O)OS(=O)(=O)c2ccc([N+]#N)cc2)cc1. The van der Waals surface area contributed by atoms with Crippen molar-refractivity contribution in [3.63, 3.8) is 0 Å². The molecular formula is C13H11N2O5S2+. The Bertz CT molecular complexity index is 925. The Morgan fingerprint density at radius 1 is 0.818 bits per heavy atom. The maximum absolute atomic E-state index is 12.0. The maximum Gasteiger partial charge on any atom is 0.385 e. The van der Waals surface area contributed by atoms with Gasteiger partial charge in [-0.05, 0) is 31.2 Å². The summed E-state index contributed by atoms with van der Waals surface area (Å²) in [4.78, 5) is 2.24. The summed E-state index contributed by atoms with van der Waals surface area (Å²) in [6.07, 6.45) is 0. The van der Waals surface area contributed by atoms with Gasteiger partial charge in [0, 0.05) is 12.1 Å². The molecule has 0 unspecified atom stereocenters. The molecule has 0 aromatic heterocycles. The number of nitrogens with zero attached hydrogens (tertiary/aromatic N) is 2. The van der Waals surface area contributed by atoms with E-state index in [0.717, 1.165) is 17.7 Å². The molecule has 0 heterocycles. The zero-order valence-electron chi connectivity index (χ0n) is 11.4. The van der Waals surface area contributed by atoms with Crippen molar-refractivity contribution in [3.05, 3.63) is 59.1 Å². The number of benzene rings is 2. The minimum atomic E-state index is -4.51. The summed E-state index contributed by atoms with van der Waals surface area (Å²) in [6.45, 7) is 1.77. The van der Waals surface area contributed by atoms with Crippen molar-refractivity contribution in [1.82, 2.24) is 0 Å². The van der Waals surface area contributed by atoms with Crippen molar-refractivity contribution in [2.24, 2.45) is 0 Å². The Morgan fingerprint density at radius 2 is 1.23 bits per heavy atom. The third-order valence-corrected chi connectivity index (χ3v) is 5.86. The highest BCUT2D eigenvalue weighted by molar-refractivity contribution is 7.99. The van der Waals surface area contributed by atoms with Gasteiger partial charge < -0.3 is 0 Å². The lowest BCUT2D eigenvalue weighted by molar-refractivity contribution is 0.462. The molecule has 0 spiro atoms. The smallest absolute Gasteiger partial charge is 0.193 e. The standard InChI is InChI=1S/C13H11N2O5S2/c1-10-2-6-12(7-3-10)21(16,17)20-22(18,19)13-8-4-11(15-14)5-9-13/h2-9H,1H3/q+1. The van der Waals surface area contributed by atoms with Gasteiger partial charge in [-0.25, -0.2) is 0 Å². The molecule has 0 N–H and O–H groups in total. The molecule has 0 amide bonds. The molecule has 2 rings (SSSR count). The highest BCUT2D eigenvalue weighted by Gasteiger charge is 2.27. The molecular weight excluding hydrogens is 328 g/mol. The fourth-order valence-electron chi connectivity index (χ4n) is 1.58. The van der Waals surface area contributed by atoms with Crippen LogP contribution in [-0.2, 0) is 23.9 Å². The quantitative estimate of drug-likeness (QED) is 0.793. The highest BCUT2D eigenvalue weighted by atomic mass is 32.3. The third-order valence-electron chi connectivity index (χ3n) is 2.73. The Balaban J connectivity index is 2.34. The van der Waals surface area contributed by atoms with E-state index in [9.17, 15) is 16.8 Å². The van der Waals surface area contributed by atoms with Crippen molar-refractivity contribution >= 4 is 25.9 Å². The molecule has 0 aliphatic rings. The van der Waals surface area contributed by atoms with Gasteiger partial charge in [-0.3, -0.25) is 0 Å². The molecule has 0 saturated heterocycles. The molecule has 22 heavy (non-hydrogen) atoms. The number of aryl methyl sites for hydroxylation is 1. The number of hydrogen-bond acceptors (Lipinski definition) is 6. The summed E-state index contributed by atoms with van der Waals surface area (Å²) in [7, 11) is -8.97. The highest BCUT2D eigenvalue weighted by Crippen LogP contribution is 2.22. The van der Waals surface area contributed by atoms with Crippen LogP contribution in [0.3, 0.4) is 0 Å². The fourth-order valence-corrected chi connectivity index (χ4v) is 4.09. The second-order valence-electron chi connectivity index (χ2n) is 4.38. The predicted molar refractivity (Wildman–Crippen MR) is 77.8 cm³/mol. The van der Waals surface area contributed by atoms with Gasteiger partial charge in [-0.15, -0.1) is 3.63 Å². The van der Waals surface area contributed by atoms with Crippen LogP contribution in [0.5, 0.6) is 0 Å². The van der Waals surface area contributed by atoms with Crippen LogP contribution in [0, 0.1) is 12.3 Å². The summed E-state index contributed by atoms with van der Waals surface area (Å²) in [5.74, 6) is 0. The van der Waals surface area contributed by atoms with E-state index in [4.69, 9.17) is 5.39 Å². The first-order valence-corrected chi connectivity index (χ1v) is 8.79. The molecule has 0 fully saturated rings. The topological polar surface area (TPSA) is 106 Å². The molecule has 0 bridgehead atoms. The van der Waals surface area contributed by atoms with E-state index in [0.29, 0.717) is 0 Å². The van der Waals surface area contributed by atoms with Crippen LogP contribution in [0.1, 0.15) is 5.56 Å². The van der Waals surface area contributed by atoms with Gasteiger partial charge >= 0.3 is 25.9 Å². The normalized spacial score (nSPS) is 11.8. The van der Waals surface area contributed by atoms with Gasteiger partial charge in [0.05, 0.1) is 9.79 Å². The minimum absolute atomic E-state index is 0.125. The molecule has 0 atom stereocenters. The monoisotopic (exact) mass is 339 g/mol. The zero-order valence-corrected chi connectivity index (χ0v) is 13.0. The van der Waals surface area contributed by atoms with Crippen LogP contribution in [0.2, 0.25) is 0 Å². The van der Waals surface area contributed by atoms with Gasteiger partial charge in [0.2, 0.25) is 5.39 Å². The molecule has 2 aromatic rings. The largest absolute Gasteiger partial charge is 0.385 e. The van der Waals surface area contributed by atoms with Crippen LogP contribution in [0.25, 0.3) is 4.98 Å². The lowest BCUT2D eigenvalue weighted by atomic mass is 10.2. The second-order valence-corrected chi connectivity index (χ2v) is 7.69. The Kier molecular flexibility index (Phi) is 4.27. The number of diazo groups is 1. The van der Waals surface area contributed by atoms with Gasteiger partial charge in [-0.2, -0.15) is 16.8 Å².